The van der Waals surface area contributed by atoms with Crippen LogP contribution < -0.4 is 5.32 Å². The van der Waals surface area contributed by atoms with Crippen LogP contribution in [0.3, 0.4) is 0 Å². The van der Waals surface area contributed by atoms with Gasteiger partial charge >= 0.3 is 0 Å². The van der Waals surface area contributed by atoms with Crippen molar-refractivity contribution in [2.75, 3.05) is 18.1 Å². The lowest BCUT2D eigenvalue weighted by Gasteiger charge is -2.22. The van der Waals surface area contributed by atoms with E-state index in [1.165, 1.54) is 6.07 Å². The van der Waals surface area contributed by atoms with Crippen LogP contribution in [0.1, 0.15) is 31.4 Å². The Kier molecular flexibility index (Phi) is 5.04. The molecular weight excluding hydrogens is 301 g/mol. The predicted octanol–water partition coefficient (Wildman–Crippen LogP) is 2.95. The minimum absolute atomic E-state index is 0.0964. The molecule has 1 aromatic rings. The molecule has 2 rings (SSSR count). The third-order valence-corrected chi connectivity index (χ3v) is 5.76. The van der Waals surface area contributed by atoms with Crippen LogP contribution in [0.4, 0.5) is 4.39 Å². The number of hydrogen-bond acceptors (Lipinski definition) is 3. The van der Waals surface area contributed by atoms with Crippen molar-refractivity contribution in [3.8, 4) is 0 Å². The molecule has 1 aromatic carbocycles. The van der Waals surface area contributed by atoms with Crippen molar-refractivity contribution in [1.82, 2.24) is 5.32 Å². The molecule has 0 saturated carbocycles. The Morgan fingerprint density at radius 1 is 1.50 bits per heavy atom. The molecular formula is C14H19ClFNO2S. The summed E-state index contributed by atoms with van der Waals surface area (Å²) in [7, 11) is -2.90. The molecule has 1 aliphatic rings. The molecule has 3 nitrogen and oxygen atoms in total. The van der Waals surface area contributed by atoms with Gasteiger partial charge in [-0.05, 0) is 37.4 Å². The van der Waals surface area contributed by atoms with Crippen LogP contribution >= 0.6 is 11.6 Å². The zero-order valence-electron chi connectivity index (χ0n) is 11.4. The molecule has 1 aliphatic heterocycles. The zero-order chi connectivity index (χ0) is 14.8. The summed E-state index contributed by atoms with van der Waals surface area (Å²) in [6, 6.07) is 4.46. The van der Waals surface area contributed by atoms with Gasteiger partial charge in [0.25, 0.3) is 0 Å². The van der Waals surface area contributed by atoms with Crippen LogP contribution in [0.25, 0.3) is 0 Å². The van der Waals surface area contributed by atoms with Gasteiger partial charge in [-0.3, -0.25) is 0 Å². The van der Waals surface area contributed by atoms with Crippen molar-refractivity contribution in [3.05, 3.63) is 34.6 Å². The summed E-state index contributed by atoms with van der Waals surface area (Å²) in [4.78, 5) is 0. The Bertz CT molecular complexity index is 577. The van der Waals surface area contributed by atoms with Crippen molar-refractivity contribution >= 4 is 21.4 Å². The highest BCUT2D eigenvalue weighted by Gasteiger charge is 2.30. The summed E-state index contributed by atoms with van der Waals surface area (Å²) in [5, 5.41) is 3.60. The van der Waals surface area contributed by atoms with Crippen LogP contribution in [0.2, 0.25) is 5.02 Å². The molecule has 1 saturated heterocycles. The van der Waals surface area contributed by atoms with E-state index in [9.17, 15) is 12.8 Å². The van der Waals surface area contributed by atoms with E-state index in [-0.39, 0.29) is 29.3 Å². The van der Waals surface area contributed by atoms with Gasteiger partial charge in [0, 0.05) is 16.6 Å². The molecule has 6 heteroatoms. The van der Waals surface area contributed by atoms with E-state index < -0.39 is 9.84 Å². The highest BCUT2D eigenvalue weighted by atomic mass is 35.5. The highest BCUT2D eigenvalue weighted by molar-refractivity contribution is 7.91. The quantitative estimate of drug-likeness (QED) is 0.907. The van der Waals surface area contributed by atoms with E-state index in [0.717, 1.165) is 0 Å². The maximum absolute atomic E-state index is 14.0. The van der Waals surface area contributed by atoms with E-state index in [2.05, 4.69) is 5.32 Å². The molecule has 0 spiro atoms. The Morgan fingerprint density at radius 3 is 2.80 bits per heavy atom. The predicted molar refractivity (Wildman–Crippen MR) is 79.2 cm³/mol. The molecule has 2 unspecified atom stereocenters. The molecule has 1 fully saturated rings. The highest BCUT2D eigenvalue weighted by Crippen LogP contribution is 2.30. The monoisotopic (exact) mass is 319 g/mol. The molecule has 0 radical (unpaired) electrons. The van der Waals surface area contributed by atoms with Crippen molar-refractivity contribution in [2.24, 2.45) is 5.92 Å². The number of hydrogen-bond donors (Lipinski definition) is 1. The molecule has 0 bridgehead atoms. The maximum Gasteiger partial charge on any atom is 0.150 e. The van der Waals surface area contributed by atoms with E-state index in [4.69, 9.17) is 11.6 Å². The molecule has 20 heavy (non-hydrogen) atoms. The first-order valence-electron chi connectivity index (χ1n) is 6.80. The summed E-state index contributed by atoms with van der Waals surface area (Å²) in [5.41, 5.74) is 0.556. The van der Waals surface area contributed by atoms with Gasteiger partial charge in [-0.25, -0.2) is 12.8 Å². The lowest BCUT2D eigenvalue weighted by molar-refractivity contribution is 0.409. The molecule has 0 aromatic heterocycles. The van der Waals surface area contributed by atoms with Crippen LogP contribution in [0.5, 0.6) is 0 Å². The van der Waals surface area contributed by atoms with Crippen molar-refractivity contribution < 1.29 is 12.8 Å². The first kappa shape index (κ1) is 15.7. The molecule has 1 heterocycles. The molecule has 0 aliphatic carbocycles. The van der Waals surface area contributed by atoms with Gasteiger partial charge < -0.3 is 5.32 Å². The number of rotatable bonds is 5. The van der Waals surface area contributed by atoms with Gasteiger partial charge in [0.1, 0.15) is 5.82 Å². The maximum atomic E-state index is 14.0. The smallest absolute Gasteiger partial charge is 0.150 e. The Balaban J connectivity index is 2.15. The van der Waals surface area contributed by atoms with E-state index in [1.807, 2.05) is 6.92 Å². The first-order valence-corrected chi connectivity index (χ1v) is 9.00. The van der Waals surface area contributed by atoms with Gasteiger partial charge in [0.2, 0.25) is 0 Å². The minimum atomic E-state index is -2.90. The normalized spacial score (nSPS) is 22.9. The lowest BCUT2D eigenvalue weighted by Crippen LogP contribution is -2.25. The SMILES string of the molecule is CCNC(CC1CCS(=O)(=O)C1)c1ccc(Cl)cc1F. The van der Waals surface area contributed by atoms with Crippen LogP contribution in [-0.4, -0.2) is 26.5 Å². The lowest BCUT2D eigenvalue weighted by atomic mass is 9.94. The van der Waals surface area contributed by atoms with Crippen molar-refractivity contribution in [2.45, 2.75) is 25.8 Å². The summed E-state index contributed by atoms with van der Waals surface area (Å²) >= 11 is 5.77. The molecule has 0 amide bonds. The Morgan fingerprint density at radius 2 is 2.25 bits per heavy atom. The first-order chi connectivity index (χ1) is 9.41. The number of halogens is 2. The van der Waals surface area contributed by atoms with E-state index in [0.29, 0.717) is 30.0 Å². The van der Waals surface area contributed by atoms with Gasteiger partial charge in [-0.1, -0.05) is 24.6 Å². The van der Waals surface area contributed by atoms with Crippen LogP contribution in [0, 0.1) is 11.7 Å². The molecule has 112 valence electrons. The van der Waals surface area contributed by atoms with Gasteiger partial charge in [0.05, 0.1) is 11.5 Å². The number of nitrogens with one attached hydrogen (secondary N) is 1. The third kappa shape index (κ3) is 3.93. The Labute approximate surface area is 124 Å². The standard InChI is InChI=1S/C14H19ClFNO2S/c1-2-17-14(7-10-5-6-20(18,19)9-10)12-4-3-11(15)8-13(12)16/h3-4,8,10,14,17H,2,5-7,9H2,1H3. The molecule has 2 atom stereocenters. The van der Waals surface area contributed by atoms with Crippen LogP contribution in [-0.2, 0) is 9.84 Å². The fourth-order valence-corrected chi connectivity index (χ4v) is 4.78. The summed E-state index contributed by atoms with van der Waals surface area (Å²) in [5.74, 6) is 0.215. The average molecular weight is 320 g/mol. The van der Waals surface area contributed by atoms with E-state index in [1.54, 1.807) is 12.1 Å². The second-order valence-corrected chi connectivity index (χ2v) is 7.95. The van der Waals surface area contributed by atoms with Crippen molar-refractivity contribution in [1.29, 1.82) is 0 Å². The van der Waals surface area contributed by atoms with Gasteiger partial charge in [-0.2, -0.15) is 0 Å². The Hall–Kier alpha value is -0.650. The minimum Gasteiger partial charge on any atom is -0.310 e. The molecule has 1 N–H and O–H groups in total. The average Bonchev–Trinajstić information content (AvgIpc) is 2.68. The van der Waals surface area contributed by atoms with E-state index >= 15 is 0 Å². The van der Waals surface area contributed by atoms with Crippen LogP contribution in [0.15, 0.2) is 18.2 Å². The second kappa shape index (κ2) is 6.41. The third-order valence-electron chi connectivity index (χ3n) is 3.68. The topological polar surface area (TPSA) is 46.2 Å². The summed E-state index contributed by atoms with van der Waals surface area (Å²) in [6.45, 7) is 2.65. The fourth-order valence-electron chi connectivity index (χ4n) is 2.74. The van der Waals surface area contributed by atoms with Gasteiger partial charge in [0.15, 0.2) is 9.84 Å². The summed E-state index contributed by atoms with van der Waals surface area (Å²) in [6.07, 6.45) is 1.30. The van der Waals surface area contributed by atoms with Gasteiger partial charge in [-0.15, -0.1) is 0 Å². The largest absolute Gasteiger partial charge is 0.310 e. The second-order valence-electron chi connectivity index (χ2n) is 5.28. The van der Waals surface area contributed by atoms with Crippen molar-refractivity contribution in [3.63, 3.8) is 0 Å². The number of benzene rings is 1. The summed E-state index contributed by atoms with van der Waals surface area (Å²) < 4.78 is 37.0. The fraction of sp³-hybridized carbons (Fsp3) is 0.571. The number of sulfone groups is 1. The zero-order valence-corrected chi connectivity index (χ0v) is 13.0.